The number of rotatable bonds is 3. The van der Waals surface area contributed by atoms with E-state index in [2.05, 4.69) is 68.1 Å². The molecule has 1 aliphatic rings. The highest BCUT2D eigenvalue weighted by Gasteiger charge is 2.27. The van der Waals surface area contributed by atoms with Gasteiger partial charge in [-0.2, -0.15) is 0 Å². The Bertz CT molecular complexity index is 611. The van der Waals surface area contributed by atoms with Gasteiger partial charge in [-0.3, -0.25) is 0 Å². The van der Waals surface area contributed by atoms with Gasteiger partial charge in [0, 0.05) is 24.9 Å². The van der Waals surface area contributed by atoms with Crippen LogP contribution in [0.2, 0.25) is 0 Å². The standard InChI is InChI=1S/C18H21N/c1-4-7-16-15-9-6-5-8-14(15)12-17(16)18-13(2)10-11-19(18)3/h5-6,8-12,16H,4,7H2,1-3H3. The fraction of sp³-hybridized carbons (Fsp3) is 0.333. The molecule has 1 atom stereocenters. The third-order valence-corrected chi connectivity index (χ3v) is 4.18. The third kappa shape index (κ3) is 1.94. The highest BCUT2D eigenvalue weighted by atomic mass is 14.9. The van der Waals surface area contributed by atoms with Crippen LogP contribution in [-0.2, 0) is 7.05 Å². The Morgan fingerprint density at radius 2 is 1.95 bits per heavy atom. The molecule has 0 amide bonds. The van der Waals surface area contributed by atoms with Crippen molar-refractivity contribution in [3.05, 3.63) is 58.9 Å². The maximum absolute atomic E-state index is 2.39. The SMILES string of the molecule is CCCC1C(c2c(C)ccn2C)=Cc2ccccc21. The largest absolute Gasteiger partial charge is 0.351 e. The number of aryl methyl sites for hydroxylation is 2. The van der Waals surface area contributed by atoms with E-state index in [0.717, 1.165) is 0 Å². The van der Waals surface area contributed by atoms with Gasteiger partial charge in [-0.25, -0.2) is 0 Å². The van der Waals surface area contributed by atoms with Gasteiger partial charge in [-0.1, -0.05) is 37.6 Å². The topological polar surface area (TPSA) is 4.93 Å². The minimum atomic E-state index is 0.563. The zero-order valence-corrected chi connectivity index (χ0v) is 12.0. The van der Waals surface area contributed by atoms with Gasteiger partial charge in [0.15, 0.2) is 0 Å². The molecule has 98 valence electrons. The van der Waals surface area contributed by atoms with Gasteiger partial charge in [0.25, 0.3) is 0 Å². The Morgan fingerprint density at radius 3 is 2.63 bits per heavy atom. The van der Waals surface area contributed by atoms with Gasteiger partial charge in [0.2, 0.25) is 0 Å². The van der Waals surface area contributed by atoms with Crippen LogP contribution >= 0.6 is 0 Å². The summed E-state index contributed by atoms with van der Waals surface area (Å²) in [5.41, 5.74) is 7.17. The predicted octanol–water partition coefficient (Wildman–Crippen LogP) is 4.77. The molecule has 0 aliphatic heterocycles. The zero-order valence-electron chi connectivity index (χ0n) is 12.0. The van der Waals surface area contributed by atoms with E-state index < -0.39 is 0 Å². The van der Waals surface area contributed by atoms with E-state index in [-0.39, 0.29) is 0 Å². The second-order valence-electron chi connectivity index (χ2n) is 5.53. The monoisotopic (exact) mass is 251 g/mol. The lowest BCUT2D eigenvalue weighted by Gasteiger charge is -2.18. The molecule has 1 nitrogen and oxygen atoms in total. The van der Waals surface area contributed by atoms with Crippen molar-refractivity contribution in [2.45, 2.75) is 32.6 Å². The highest BCUT2D eigenvalue weighted by molar-refractivity contribution is 5.91. The van der Waals surface area contributed by atoms with E-state index in [1.54, 1.807) is 0 Å². The molecule has 0 bridgehead atoms. The van der Waals surface area contributed by atoms with E-state index in [1.807, 2.05) is 0 Å². The van der Waals surface area contributed by atoms with E-state index in [0.29, 0.717) is 5.92 Å². The van der Waals surface area contributed by atoms with E-state index in [4.69, 9.17) is 0 Å². The van der Waals surface area contributed by atoms with Crippen LogP contribution in [0.4, 0.5) is 0 Å². The molecule has 1 heterocycles. The second-order valence-corrected chi connectivity index (χ2v) is 5.53. The fourth-order valence-corrected chi connectivity index (χ4v) is 3.31. The van der Waals surface area contributed by atoms with Crippen LogP contribution in [-0.4, -0.2) is 4.57 Å². The second kappa shape index (κ2) is 4.73. The summed E-state index contributed by atoms with van der Waals surface area (Å²) >= 11 is 0. The molecule has 0 saturated heterocycles. The maximum atomic E-state index is 2.39. The number of aromatic nitrogens is 1. The van der Waals surface area contributed by atoms with Gasteiger partial charge >= 0.3 is 0 Å². The summed E-state index contributed by atoms with van der Waals surface area (Å²) in [6, 6.07) is 11.0. The van der Waals surface area contributed by atoms with Crippen molar-refractivity contribution in [2.24, 2.45) is 7.05 Å². The van der Waals surface area contributed by atoms with Gasteiger partial charge < -0.3 is 4.57 Å². The average Bonchev–Trinajstić information content (AvgIpc) is 2.92. The number of fused-ring (bicyclic) bond motifs is 1. The van der Waals surface area contributed by atoms with Gasteiger partial charge in [-0.15, -0.1) is 0 Å². The van der Waals surface area contributed by atoms with Crippen LogP contribution in [0, 0.1) is 6.92 Å². The number of benzene rings is 1. The smallest absolute Gasteiger partial charge is 0.0472 e. The van der Waals surface area contributed by atoms with Crippen molar-refractivity contribution in [3.8, 4) is 0 Å². The molecule has 1 unspecified atom stereocenters. The lowest BCUT2D eigenvalue weighted by atomic mass is 9.89. The van der Waals surface area contributed by atoms with Crippen molar-refractivity contribution in [1.82, 2.24) is 4.57 Å². The lowest BCUT2D eigenvalue weighted by Crippen LogP contribution is -2.03. The first-order chi connectivity index (χ1) is 9.22. The van der Waals surface area contributed by atoms with Crippen molar-refractivity contribution in [3.63, 3.8) is 0 Å². The molecule has 1 aliphatic carbocycles. The normalized spacial score (nSPS) is 17.4. The molecule has 0 fully saturated rings. The van der Waals surface area contributed by atoms with E-state index in [9.17, 15) is 0 Å². The van der Waals surface area contributed by atoms with Gasteiger partial charge in [0.05, 0.1) is 0 Å². The van der Waals surface area contributed by atoms with Crippen LogP contribution in [0.5, 0.6) is 0 Å². The Labute approximate surface area is 115 Å². The summed E-state index contributed by atoms with van der Waals surface area (Å²) in [4.78, 5) is 0. The number of hydrogen-bond donors (Lipinski definition) is 0. The Morgan fingerprint density at radius 1 is 1.16 bits per heavy atom. The van der Waals surface area contributed by atoms with Crippen LogP contribution in [0.1, 0.15) is 48.1 Å². The summed E-state index contributed by atoms with van der Waals surface area (Å²) in [6.45, 7) is 4.48. The first-order valence-corrected chi connectivity index (χ1v) is 7.15. The summed E-state index contributed by atoms with van der Waals surface area (Å²) in [5.74, 6) is 0.563. The van der Waals surface area contributed by atoms with Crippen LogP contribution in [0.3, 0.4) is 0 Å². The van der Waals surface area contributed by atoms with Crippen LogP contribution < -0.4 is 0 Å². The average molecular weight is 251 g/mol. The predicted molar refractivity (Wildman–Crippen MR) is 82.1 cm³/mol. The molecular formula is C18H21N. The van der Waals surface area contributed by atoms with Gasteiger partial charge in [0.1, 0.15) is 0 Å². The lowest BCUT2D eigenvalue weighted by molar-refractivity contribution is 0.729. The minimum Gasteiger partial charge on any atom is -0.351 e. The number of nitrogens with zero attached hydrogens (tertiary/aromatic N) is 1. The first-order valence-electron chi connectivity index (χ1n) is 7.15. The van der Waals surface area contributed by atoms with E-state index in [1.165, 1.54) is 40.8 Å². The Balaban J connectivity index is 2.12. The van der Waals surface area contributed by atoms with Crippen LogP contribution in [0.25, 0.3) is 11.6 Å². The molecule has 19 heavy (non-hydrogen) atoms. The summed E-state index contributed by atoms with van der Waals surface area (Å²) < 4.78 is 2.26. The number of hydrogen-bond acceptors (Lipinski definition) is 0. The molecule has 3 rings (SSSR count). The summed E-state index contributed by atoms with van der Waals surface area (Å²) in [5, 5.41) is 0. The van der Waals surface area contributed by atoms with Crippen LogP contribution in [0.15, 0.2) is 36.5 Å². The molecule has 1 heteroatoms. The van der Waals surface area contributed by atoms with Gasteiger partial charge in [-0.05, 0) is 47.8 Å². The molecule has 0 N–H and O–H groups in total. The molecule has 0 spiro atoms. The molecule has 0 saturated carbocycles. The van der Waals surface area contributed by atoms with Crippen molar-refractivity contribution < 1.29 is 0 Å². The fourth-order valence-electron chi connectivity index (χ4n) is 3.31. The molecule has 1 aromatic carbocycles. The first kappa shape index (κ1) is 12.3. The number of allylic oxidation sites excluding steroid dienone is 1. The van der Waals surface area contributed by atoms with E-state index >= 15 is 0 Å². The summed E-state index contributed by atoms with van der Waals surface area (Å²) in [7, 11) is 2.15. The van der Waals surface area contributed by atoms with Crippen molar-refractivity contribution in [2.75, 3.05) is 0 Å². The molecule has 2 aromatic rings. The van der Waals surface area contributed by atoms with Crippen molar-refractivity contribution >= 4 is 11.6 Å². The molecule has 0 radical (unpaired) electrons. The third-order valence-electron chi connectivity index (χ3n) is 4.18. The van der Waals surface area contributed by atoms with Crippen molar-refractivity contribution in [1.29, 1.82) is 0 Å². The summed E-state index contributed by atoms with van der Waals surface area (Å²) in [6.07, 6.45) is 7.00. The zero-order chi connectivity index (χ0) is 13.4. The maximum Gasteiger partial charge on any atom is 0.0472 e. The molecule has 1 aromatic heterocycles. The highest BCUT2D eigenvalue weighted by Crippen LogP contribution is 2.45. The Kier molecular flexibility index (Phi) is 3.06. The molecular weight excluding hydrogens is 230 g/mol. The minimum absolute atomic E-state index is 0.563. The Hall–Kier alpha value is -1.76. The quantitative estimate of drug-likeness (QED) is 0.740.